The van der Waals surface area contributed by atoms with Crippen LogP contribution in [0.3, 0.4) is 0 Å². The van der Waals surface area contributed by atoms with Crippen molar-refractivity contribution in [2.45, 2.75) is 19.0 Å². The summed E-state index contributed by atoms with van der Waals surface area (Å²) >= 11 is 3.12. The molecule has 0 bridgehead atoms. The van der Waals surface area contributed by atoms with Gasteiger partial charge >= 0.3 is 6.18 Å². The third-order valence-corrected chi connectivity index (χ3v) is 3.46. The Morgan fingerprint density at radius 2 is 1.88 bits per heavy atom. The molecule has 4 nitrogen and oxygen atoms in total. The van der Waals surface area contributed by atoms with Gasteiger partial charge in [-0.15, -0.1) is 0 Å². The third-order valence-electron chi connectivity index (χ3n) is 1.66. The maximum absolute atomic E-state index is 11.8. The van der Waals surface area contributed by atoms with E-state index in [4.69, 9.17) is 4.74 Å². The molecule has 0 atom stereocenters. The van der Waals surface area contributed by atoms with Crippen LogP contribution in [0.5, 0.6) is 0 Å². The van der Waals surface area contributed by atoms with E-state index in [1.54, 1.807) is 0 Å². The first-order valence-electron chi connectivity index (χ1n) is 4.94. The van der Waals surface area contributed by atoms with Crippen LogP contribution in [0.15, 0.2) is 0 Å². The van der Waals surface area contributed by atoms with E-state index >= 15 is 0 Å². The molecule has 0 aromatic carbocycles. The second-order valence-electron chi connectivity index (χ2n) is 3.23. The second-order valence-corrected chi connectivity index (χ2v) is 5.95. The lowest BCUT2D eigenvalue weighted by Crippen LogP contribution is -2.30. The molecule has 0 unspecified atom stereocenters. The molecule has 0 amide bonds. The summed E-state index contributed by atoms with van der Waals surface area (Å²) in [7, 11) is -3.63. The Labute approximate surface area is 107 Å². The summed E-state index contributed by atoms with van der Waals surface area (Å²) < 4.78 is 64.9. The third kappa shape index (κ3) is 12.4. The molecule has 0 spiro atoms. The molecule has 0 saturated heterocycles. The minimum Gasteiger partial charge on any atom is -0.379 e. The summed E-state index contributed by atoms with van der Waals surface area (Å²) in [6.07, 6.45) is -5.83. The Morgan fingerprint density at radius 1 is 1.24 bits per heavy atom. The van der Waals surface area contributed by atoms with Gasteiger partial charge in [0.25, 0.3) is 0 Å². The first-order valence-corrected chi connectivity index (χ1v) is 7.72. The van der Waals surface area contributed by atoms with Gasteiger partial charge in [0.15, 0.2) is 0 Å². The average Bonchev–Trinajstić information content (AvgIpc) is 2.14. The largest absolute Gasteiger partial charge is 0.389 e. The van der Waals surface area contributed by atoms with Crippen molar-refractivity contribution in [2.24, 2.45) is 0 Å². The van der Waals surface area contributed by atoms with Crippen molar-refractivity contribution in [1.82, 2.24) is 4.72 Å². The Balaban J connectivity index is 3.67. The van der Waals surface area contributed by atoms with Crippen molar-refractivity contribution in [2.75, 3.05) is 30.8 Å². The lowest BCUT2D eigenvalue weighted by atomic mass is 10.3. The molecule has 0 rings (SSSR count). The highest BCUT2D eigenvalue weighted by Gasteiger charge is 2.27. The molecule has 0 aliphatic carbocycles. The van der Waals surface area contributed by atoms with Crippen LogP contribution in [0.4, 0.5) is 13.2 Å². The van der Waals surface area contributed by atoms with Gasteiger partial charge in [-0.25, -0.2) is 13.1 Å². The molecular weight excluding hydrogens is 327 g/mol. The number of halogens is 4. The Kier molecular flexibility index (Phi) is 8.35. The van der Waals surface area contributed by atoms with Gasteiger partial charge in [-0.3, -0.25) is 0 Å². The van der Waals surface area contributed by atoms with Crippen LogP contribution in [-0.4, -0.2) is 45.4 Å². The lowest BCUT2D eigenvalue weighted by Gasteiger charge is -2.08. The summed E-state index contributed by atoms with van der Waals surface area (Å²) in [5.74, 6) is -0.523. The highest BCUT2D eigenvalue weighted by atomic mass is 79.9. The monoisotopic (exact) mass is 341 g/mol. The van der Waals surface area contributed by atoms with E-state index in [0.717, 1.165) is 0 Å². The maximum atomic E-state index is 11.8. The van der Waals surface area contributed by atoms with Gasteiger partial charge in [0.1, 0.15) is 0 Å². The van der Waals surface area contributed by atoms with E-state index in [9.17, 15) is 21.6 Å². The number of rotatable bonds is 9. The molecule has 0 aromatic rings. The molecule has 1 N–H and O–H groups in total. The standard InChI is InChI=1S/C8H15BrF3NO3S/c9-3-5-16-6-4-13-17(14,15)7-1-2-8(10,11)12/h13H,1-7H2. The van der Waals surface area contributed by atoms with Gasteiger partial charge in [-0.2, -0.15) is 13.2 Å². The first kappa shape index (κ1) is 17.1. The highest BCUT2D eigenvalue weighted by molar-refractivity contribution is 9.09. The van der Waals surface area contributed by atoms with Crippen molar-refractivity contribution < 1.29 is 26.3 Å². The van der Waals surface area contributed by atoms with Crippen molar-refractivity contribution in [1.29, 1.82) is 0 Å². The molecule has 0 radical (unpaired) electrons. The molecule has 0 aromatic heterocycles. The summed E-state index contributed by atoms with van der Waals surface area (Å²) in [6, 6.07) is 0. The minimum absolute atomic E-state index is 0.0708. The van der Waals surface area contributed by atoms with E-state index < -0.39 is 34.8 Å². The summed E-state index contributed by atoms with van der Waals surface area (Å²) in [4.78, 5) is 0. The van der Waals surface area contributed by atoms with E-state index in [2.05, 4.69) is 20.7 Å². The van der Waals surface area contributed by atoms with Gasteiger partial charge in [-0.1, -0.05) is 15.9 Å². The van der Waals surface area contributed by atoms with Gasteiger partial charge in [0.05, 0.1) is 19.0 Å². The van der Waals surface area contributed by atoms with Gasteiger partial charge in [-0.05, 0) is 6.42 Å². The average molecular weight is 342 g/mol. The Hall–Kier alpha value is 0.140. The fourth-order valence-electron chi connectivity index (χ4n) is 0.961. The number of sulfonamides is 1. The van der Waals surface area contributed by atoms with E-state index in [1.807, 2.05) is 0 Å². The molecule has 0 aliphatic rings. The lowest BCUT2D eigenvalue weighted by molar-refractivity contribution is -0.134. The zero-order valence-electron chi connectivity index (χ0n) is 9.09. The highest BCUT2D eigenvalue weighted by Crippen LogP contribution is 2.21. The van der Waals surface area contributed by atoms with Crippen molar-refractivity contribution >= 4 is 26.0 Å². The second kappa shape index (κ2) is 8.28. The summed E-state index contributed by atoms with van der Waals surface area (Å²) in [5, 5.41) is 0.644. The molecular formula is C8H15BrF3NO3S. The van der Waals surface area contributed by atoms with E-state index in [0.29, 0.717) is 11.9 Å². The quantitative estimate of drug-likeness (QED) is 0.512. The van der Waals surface area contributed by atoms with Gasteiger partial charge < -0.3 is 4.74 Å². The topological polar surface area (TPSA) is 55.4 Å². The van der Waals surface area contributed by atoms with Crippen molar-refractivity contribution in [3.63, 3.8) is 0 Å². The maximum Gasteiger partial charge on any atom is 0.389 e. The molecule has 0 saturated carbocycles. The van der Waals surface area contributed by atoms with Crippen LogP contribution < -0.4 is 4.72 Å². The fraction of sp³-hybridized carbons (Fsp3) is 1.00. The van der Waals surface area contributed by atoms with Crippen LogP contribution in [0.1, 0.15) is 12.8 Å². The van der Waals surface area contributed by atoms with Crippen LogP contribution in [0.25, 0.3) is 0 Å². The Bertz CT molecular complexity index is 295. The number of ether oxygens (including phenoxy) is 1. The fourth-order valence-corrected chi connectivity index (χ4v) is 2.25. The van der Waals surface area contributed by atoms with Crippen molar-refractivity contribution in [3.05, 3.63) is 0 Å². The normalized spacial score (nSPS) is 12.9. The van der Waals surface area contributed by atoms with Crippen molar-refractivity contribution in [3.8, 4) is 0 Å². The first-order chi connectivity index (χ1) is 7.77. The number of nitrogens with one attached hydrogen (secondary N) is 1. The van der Waals surface area contributed by atoms with Gasteiger partial charge in [0, 0.05) is 18.3 Å². The molecule has 17 heavy (non-hydrogen) atoms. The van der Waals surface area contributed by atoms with E-state index in [1.165, 1.54) is 0 Å². The predicted octanol–water partition coefficient (Wildman–Crippen LogP) is 1.66. The number of alkyl halides is 4. The molecule has 9 heteroatoms. The molecule has 0 fully saturated rings. The molecule has 0 heterocycles. The van der Waals surface area contributed by atoms with Crippen LogP contribution in [-0.2, 0) is 14.8 Å². The summed E-state index contributed by atoms with van der Waals surface area (Å²) in [6.45, 7) is 0.723. The predicted molar refractivity (Wildman–Crippen MR) is 61.7 cm³/mol. The SMILES string of the molecule is O=S(=O)(CCCC(F)(F)F)NCCOCCBr. The van der Waals surface area contributed by atoms with Crippen LogP contribution in [0, 0.1) is 0 Å². The zero-order chi connectivity index (χ0) is 13.4. The number of hydrogen-bond acceptors (Lipinski definition) is 3. The van der Waals surface area contributed by atoms with Crippen LogP contribution >= 0.6 is 15.9 Å². The number of hydrogen-bond donors (Lipinski definition) is 1. The smallest absolute Gasteiger partial charge is 0.379 e. The Morgan fingerprint density at radius 3 is 2.41 bits per heavy atom. The zero-order valence-corrected chi connectivity index (χ0v) is 11.5. The molecule has 104 valence electrons. The van der Waals surface area contributed by atoms with Gasteiger partial charge in [0.2, 0.25) is 10.0 Å². The summed E-state index contributed by atoms with van der Waals surface area (Å²) in [5.41, 5.74) is 0. The molecule has 0 aliphatic heterocycles. The van der Waals surface area contributed by atoms with Crippen LogP contribution in [0.2, 0.25) is 0 Å². The van der Waals surface area contributed by atoms with E-state index in [-0.39, 0.29) is 13.2 Å². The minimum atomic E-state index is -4.31.